The van der Waals surface area contributed by atoms with Crippen molar-refractivity contribution in [2.75, 3.05) is 21.3 Å². The Hall–Kier alpha value is -2.22. The Kier molecular flexibility index (Phi) is 4.55. The van der Waals surface area contributed by atoms with Crippen LogP contribution in [0.2, 0.25) is 0 Å². The topological polar surface area (TPSA) is 62.6 Å². The highest BCUT2D eigenvalue weighted by atomic mass is 16.5. The summed E-state index contributed by atoms with van der Waals surface area (Å²) in [6.45, 7) is 2.23. The maximum Gasteiger partial charge on any atom is 0.325 e. The molecule has 1 aromatic rings. The maximum atomic E-state index is 11.2. The third-order valence-electron chi connectivity index (χ3n) is 2.70. The van der Waals surface area contributed by atoms with Crippen molar-refractivity contribution in [1.29, 1.82) is 5.26 Å². The summed E-state index contributed by atoms with van der Waals surface area (Å²) in [5.74, 6) is 0.763. The average Bonchev–Trinajstić information content (AvgIpc) is 2.39. The Balaban J connectivity index is 3.09. The highest BCUT2D eigenvalue weighted by Gasteiger charge is 2.14. The second kappa shape index (κ2) is 5.92. The van der Waals surface area contributed by atoms with E-state index in [2.05, 4.69) is 0 Å². The smallest absolute Gasteiger partial charge is 0.325 e. The molecule has 0 saturated heterocycles. The average molecular weight is 248 g/mol. The van der Waals surface area contributed by atoms with Crippen LogP contribution in [0.1, 0.15) is 11.1 Å². The van der Waals surface area contributed by atoms with E-state index in [1.165, 1.54) is 4.90 Å². The van der Waals surface area contributed by atoms with Gasteiger partial charge in [0.05, 0.1) is 20.8 Å². The van der Waals surface area contributed by atoms with Gasteiger partial charge in [-0.1, -0.05) is 0 Å². The van der Waals surface area contributed by atoms with Gasteiger partial charge in [-0.05, 0) is 18.6 Å². The van der Waals surface area contributed by atoms with Crippen molar-refractivity contribution in [3.63, 3.8) is 0 Å². The van der Waals surface area contributed by atoms with Crippen molar-refractivity contribution in [3.8, 4) is 17.6 Å². The number of nitriles is 1. The molecule has 96 valence electrons. The first-order valence-electron chi connectivity index (χ1n) is 5.40. The van der Waals surface area contributed by atoms with E-state index < -0.39 is 5.91 Å². The predicted octanol–water partition coefficient (Wildman–Crippen LogP) is 1.49. The number of carbonyl (C=O) groups excluding carboxylic acids is 1. The summed E-state index contributed by atoms with van der Waals surface area (Å²) >= 11 is 0. The quantitative estimate of drug-likeness (QED) is 0.757. The number of methoxy groups -OCH3 is 2. The van der Waals surface area contributed by atoms with Crippen LogP contribution in [0.3, 0.4) is 0 Å². The fourth-order valence-electron chi connectivity index (χ4n) is 1.65. The summed E-state index contributed by atoms with van der Waals surface area (Å²) < 4.78 is 10.4. The van der Waals surface area contributed by atoms with Crippen LogP contribution in [0.25, 0.3) is 0 Å². The number of benzene rings is 1. The molecule has 0 atom stereocenters. The molecule has 0 fully saturated rings. The lowest BCUT2D eigenvalue weighted by Crippen LogP contribution is -2.25. The number of amides is 1. The Bertz CT molecular complexity index is 492. The summed E-state index contributed by atoms with van der Waals surface area (Å²) in [5.41, 5.74) is 1.81. The van der Waals surface area contributed by atoms with Crippen LogP contribution in [0, 0.1) is 18.3 Å². The van der Waals surface area contributed by atoms with E-state index in [1.807, 2.05) is 13.0 Å². The van der Waals surface area contributed by atoms with Gasteiger partial charge in [-0.2, -0.15) is 5.26 Å². The zero-order chi connectivity index (χ0) is 13.7. The molecule has 1 amide bonds. The lowest BCUT2D eigenvalue weighted by atomic mass is 10.1. The van der Waals surface area contributed by atoms with Crippen LogP contribution in [0.4, 0.5) is 0 Å². The van der Waals surface area contributed by atoms with Crippen molar-refractivity contribution in [3.05, 3.63) is 23.3 Å². The molecule has 0 aromatic heterocycles. The summed E-state index contributed by atoms with van der Waals surface area (Å²) in [6, 6.07) is 5.21. The molecule has 0 saturated carbocycles. The molecule has 1 rings (SSSR count). The van der Waals surface area contributed by atoms with Crippen molar-refractivity contribution in [2.24, 2.45) is 0 Å². The lowest BCUT2D eigenvalue weighted by molar-refractivity contribution is -0.124. The molecule has 0 radical (unpaired) electrons. The number of nitrogens with zero attached hydrogens (tertiary/aromatic N) is 2. The monoisotopic (exact) mass is 248 g/mol. The second-order valence-corrected chi connectivity index (χ2v) is 3.90. The van der Waals surface area contributed by atoms with Crippen LogP contribution < -0.4 is 9.47 Å². The van der Waals surface area contributed by atoms with Gasteiger partial charge in [-0.3, -0.25) is 4.79 Å². The number of aryl methyl sites for hydroxylation is 1. The first-order chi connectivity index (χ1) is 8.53. The molecule has 5 nitrogen and oxygen atoms in total. The highest BCUT2D eigenvalue weighted by molar-refractivity contribution is 5.91. The van der Waals surface area contributed by atoms with Gasteiger partial charge in [-0.25, -0.2) is 0 Å². The number of hydrogen-bond acceptors (Lipinski definition) is 4. The van der Waals surface area contributed by atoms with Gasteiger partial charge in [0.25, 0.3) is 0 Å². The summed E-state index contributed by atoms with van der Waals surface area (Å²) in [6.07, 6.45) is 0. The van der Waals surface area contributed by atoms with Crippen molar-refractivity contribution in [2.45, 2.75) is 13.5 Å². The normalized spacial score (nSPS) is 9.50. The van der Waals surface area contributed by atoms with Crippen LogP contribution in [-0.2, 0) is 11.3 Å². The fraction of sp³-hybridized carbons (Fsp3) is 0.385. The number of ether oxygens (including phenoxy) is 2. The van der Waals surface area contributed by atoms with Crippen molar-refractivity contribution >= 4 is 5.91 Å². The Morgan fingerprint density at radius 1 is 1.39 bits per heavy atom. The molecule has 18 heavy (non-hydrogen) atoms. The number of rotatable bonds is 4. The van der Waals surface area contributed by atoms with E-state index in [0.29, 0.717) is 18.0 Å². The molecule has 1 aromatic carbocycles. The predicted molar refractivity (Wildman–Crippen MR) is 66.4 cm³/mol. The molecule has 0 N–H and O–H groups in total. The van der Waals surface area contributed by atoms with Crippen LogP contribution >= 0.6 is 0 Å². The zero-order valence-electron chi connectivity index (χ0n) is 11.0. The largest absolute Gasteiger partial charge is 0.497 e. The molecule has 0 aliphatic carbocycles. The van der Waals surface area contributed by atoms with Gasteiger partial charge < -0.3 is 14.4 Å². The van der Waals surface area contributed by atoms with E-state index in [-0.39, 0.29) is 0 Å². The van der Waals surface area contributed by atoms with Gasteiger partial charge in [0, 0.05) is 18.7 Å². The minimum atomic E-state index is -0.577. The van der Waals surface area contributed by atoms with E-state index in [4.69, 9.17) is 14.7 Å². The van der Waals surface area contributed by atoms with Crippen LogP contribution in [0.15, 0.2) is 12.1 Å². The number of hydrogen-bond donors (Lipinski definition) is 0. The fourth-order valence-corrected chi connectivity index (χ4v) is 1.65. The van der Waals surface area contributed by atoms with Gasteiger partial charge in [0.2, 0.25) is 0 Å². The molecular weight excluding hydrogens is 232 g/mol. The third-order valence-corrected chi connectivity index (χ3v) is 2.70. The summed E-state index contributed by atoms with van der Waals surface area (Å²) in [5, 5.41) is 8.57. The van der Waals surface area contributed by atoms with Crippen LogP contribution in [-0.4, -0.2) is 32.1 Å². The third kappa shape index (κ3) is 2.92. The first-order valence-corrected chi connectivity index (χ1v) is 5.40. The molecular formula is C13H16N2O3. The van der Waals surface area contributed by atoms with Gasteiger partial charge >= 0.3 is 5.91 Å². The Morgan fingerprint density at radius 2 is 2.06 bits per heavy atom. The minimum absolute atomic E-state index is 0.325. The second-order valence-electron chi connectivity index (χ2n) is 3.90. The molecule has 0 aliphatic rings. The summed E-state index contributed by atoms with van der Waals surface area (Å²) in [7, 11) is 4.72. The molecule has 0 spiro atoms. The molecule has 0 heterocycles. The van der Waals surface area contributed by atoms with E-state index in [0.717, 1.165) is 11.1 Å². The van der Waals surface area contributed by atoms with E-state index >= 15 is 0 Å². The lowest BCUT2D eigenvalue weighted by Gasteiger charge is -2.18. The van der Waals surface area contributed by atoms with Crippen molar-refractivity contribution in [1.82, 2.24) is 4.90 Å². The van der Waals surface area contributed by atoms with Crippen LogP contribution in [0.5, 0.6) is 11.5 Å². The zero-order valence-corrected chi connectivity index (χ0v) is 11.0. The SMILES string of the molecule is COc1cc(C)c(CN(C)C(=O)C#N)c(OC)c1. The van der Waals surface area contributed by atoms with E-state index in [9.17, 15) is 4.79 Å². The Labute approximate surface area is 107 Å². The molecule has 0 unspecified atom stereocenters. The molecule has 5 heteroatoms. The van der Waals surface area contributed by atoms with Gasteiger partial charge in [0.15, 0.2) is 6.07 Å². The molecule has 0 bridgehead atoms. The van der Waals surface area contributed by atoms with E-state index in [1.54, 1.807) is 33.4 Å². The van der Waals surface area contributed by atoms with Crippen molar-refractivity contribution < 1.29 is 14.3 Å². The van der Waals surface area contributed by atoms with Gasteiger partial charge in [-0.15, -0.1) is 0 Å². The highest BCUT2D eigenvalue weighted by Crippen LogP contribution is 2.29. The molecule has 0 aliphatic heterocycles. The summed E-state index contributed by atoms with van der Waals surface area (Å²) in [4.78, 5) is 12.6. The maximum absolute atomic E-state index is 11.2. The number of carbonyl (C=O) groups is 1. The standard InChI is InChI=1S/C13H16N2O3/c1-9-5-10(17-3)6-12(18-4)11(9)8-15(2)13(16)7-14/h5-6H,8H2,1-4H3. The minimum Gasteiger partial charge on any atom is -0.497 e. The Morgan fingerprint density at radius 3 is 2.56 bits per heavy atom. The van der Waals surface area contributed by atoms with Gasteiger partial charge in [0.1, 0.15) is 11.5 Å². The first kappa shape index (κ1) is 13.8.